The fourth-order valence-electron chi connectivity index (χ4n) is 3.16. The van der Waals surface area contributed by atoms with E-state index in [2.05, 4.69) is 5.32 Å². The van der Waals surface area contributed by atoms with E-state index < -0.39 is 8.80 Å². The van der Waals surface area contributed by atoms with Crippen LogP contribution >= 0.6 is 0 Å². The van der Waals surface area contributed by atoms with E-state index in [9.17, 15) is 5.11 Å². The molecule has 1 aliphatic rings. The highest BCUT2D eigenvalue weighted by Crippen LogP contribution is 2.31. The van der Waals surface area contributed by atoms with Gasteiger partial charge in [0.25, 0.3) is 0 Å². The van der Waals surface area contributed by atoms with Gasteiger partial charge in [0, 0.05) is 47.1 Å². The Bertz CT molecular complexity index is 283. The number of methoxy groups -OCH3 is 1. The number of aliphatic hydroxyl groups excluding tert-OH is 1. The van der Waals surface area contributed by atoms with Crippen molar-refractivity contribution in [3.05, 3.63) is 0 Å². The van der Waals surface area contributed by atoms with Crippen LogP contribution < -0.4 is 5.32 Å². The van der Waals surface area contributed by atoms with Crippen LogP contribution in [-0.2, 0) is 18.0 Å². The smallest absolute Gasteiger partial charge is 0.392 e. The molecular weight excluding hydrogens is 302 g/mol. The zero-order valence-corrected chi connectivity index (χ0v) is 15.5. The molecule has 0 aromatic heterocycles. The number of hydrogen-bond acceptors (Lipinski definition) is 6. The largest absolute Gasteiger partial charge is 0.500 e. The first kappa shape index (κ1) is 20.0. The van der Waals surface area contributed by atoms with Gasteiger partial charge < -0.3 is 28.4 Å². The molecule has 0 bridgehead atoms. The molecule has 1 rings (SSSR count). The highest BCUT2D eigenvalue weighted by Gasteiger charge is 2.39. The molecular formula is C15H33NO5Si. The second-order valence-corrected chi connectivity index (χ2v) is 9.08. The van der Waals surface area contributed by atoms with Gasteiger partial charge in [0.1, 0.15) is 0 Å². The van der Waals surface area contributed by atoms with Crippen molar-refractivity contribution in [1.82, 2.24) is 5.32 Å². The van der Waals surface area contributed by atoms with Gasteiger partial charge in [0.15, 0.2) is 0 Å². The van der Waals surface area contributed by atoms with Crippen LogP contribution in [0.25, 0.3) is 0 Å². The van der Waals surface area contributed by atoms with Crippen LogP contribution in [0, 0.1) is 5.92 Å². The van der Waals surface area contributed by atoms with Crippen molar-refractivity contribution < 1.29 is 23.1 Å². The summed E-state index contributed by atoms with van der Waals surface area (Å²) in [7, 11) is 4.21. The van der Waals surface area contributed by atoms with E-state index in [-0.39, 0.29) is 12.1 Å². The van der Waals surface area contributed by atoms with E-state index in [1.165, 1.54) is 0 Å². The predicted octanol–water partition coefficient (Wildman–Crippen LogP) is 1.41. The third-order valence-electron chi connectivity index (χ3n) is 4.65. The lowest BCUT2D eigenvalue weighted by molar-refractivity contribution is 0.0651. The van der Waals surface area contributed by atoms with Crippen molar-refractivity contribution >= 4 is 8.80 Å². The fraction of sp³-hybridized carbons (Fsp3) is 1.00. The molecule has 7 heteroatoms. The van der Waals surface area contributed by atoms with E-state index in [1.807, 2.05) is 0 Å². The van der Waals surface area contributed by atoms with E-state index in [4.69, 9.17) is 18.0 Å². The highest BCUT2D eigenvalue weighted by molar-refractivity contribution is 6.60. The van der Waals surface area contributed by atoms with Crippen LogP contribution in [0.15, 0.2) is 0 Å². The first-order valence-electron chi connectivity index (χ1n) is 8.16. The average Bonchev–Trinajstić information content (AvgIpc) is 2.55. The normalized spacial score (nSPS) is 26.3. The lowest BCUT2D eigenvalue weighted by atomic mass is 9.82. The molecule has 1 saturated carbocycles. The number of rotatable bonds is 11. The SMILES string of the molecule is COCCCNC1CC(CC[Si](OC)(OC)OC)CCC1O. The zero-order chi connectivity index (χ0) is 16.4. The first-order valence-corrected chi connectivity index (χ1v) is 10.1. The Hall–Kier alpha value is -0.0231. The van der Waals surface area contributed by atoms with Gasteiger partial charge in [-0.05, 0) is 44.6 Å². The van der Waals surface area contributed by atoms with Crippen molar-refractivity contribution in [2.75, 3.05) is 41.6 Å². The van der Waals surface area contributed by atoms with Gasteiger partial charge in [-0.3, -0.25) is 0 Å². The van der Waals surface area contributed by atoms with Crippen molar-refractivity contribution in [2.24, 2.45) is 5.92 Å². The summed E-state index contributed by atoms with van der Waals surface area (Å²) in [5, 5.41) is 13.6. The molecule has 0 aliphatic heterocycles. The molecule has 3 atom stereocenters. The maximum atomic E-state index is 10.2. The van der Waals surface area contributed by atoms with Crippen LogP contribution in [0.3, 0.4) is 0 Å². The summed E-state index contributed by atoms with van der Waals surface area (Å²) in [5.74, 6) is 0.579. The van der Waals surface area contributed by atoms with Gasteiger partial charge >= 0.3 is 8.80 Å². The molecule has 1 fully saturated rings. The second-order valence-electron chi connectivity index (χ2n) is 5.99. The summed E-state index contributed by atoms with van der Waals surface area (Å²) in [4.78, 5) is 0. The molecule has 0 aromatic carbocycles. The molecule has 3 unspecified atom stereocenters. The maximum absolute atomic E-state index is 10.2. The first-order chi connectivity index (χ1) is 10.6. The zero-order valence-electron chi connectivity index (χ0n) is 14.5. The lowest BCUT2D eigenvalue weighted by Gasteiger charge is -2.35. The number of nitrogens with one attached hydrogen (secondary N) is 1. The Morgan fingerprint density at radius 2 is 1.77 bits per heavy atom. The summed E-state index contributed by atoms with van der Waals surface area (Å²) < 4.78 is 21.5. The number of hydrogen-bond donors (Lipinski definition) is 2. The summed E-state index contributed by atoms with van der Waals surface area (Å²) in [5.41, 5.74) is 0. The third kappa shape index (κ3) is 6.23. The summed E-state index contributed by atoms with van der Waals surface area (Å²) in [6.45, 7) is 1.64. The summed E-state index contributed by atoms with van der Waals surface area (Å²) in [6, 6.07) is 1.01. The fourth-order valence-corrected chi connectivity index (χ4v) is 5.04. The van der Waals surface area contributed by atoms with E-state index in [0.717, 1.165) is 51.3 Å². The topological polar surface area (TPSA) is 69.2 Å². The van der Waals surface area contributed by atoms with Gasteiger partial charge in [0.2, 0.25) is 0 Å². The maximum Gasteiger partial charge on any atom is 0.500 e. The molecule has 6 nitrogen and oxygen atoms in total. The summed E-state index contributed by atoms with van der Waals surface area (Å²) >= 11 is 0. The van der Waals surface area contributed by atoms with Crippen molar-refractivity contribution in [2.45, 2.75) is 50.3 Å². The van der Waals surface area contributed by atoms with Crippen LogP contribution in [0.4, 0.5) is 0 Å². The molecule has 22 heavy (non-hydrogen) atoms. The minimum atomic E-state index is -2.48. The Morgan fingerprint density at radius 1 is 1.09 bits per heavy atom. The number of aliphatic hydroxyl groups is 1. The van der Waals surface area contributed by atoms with E-state index >= 15 is 0 Å². The molecule has 1 aliphatic carbocycles. The molecule has 132 valence electrons. The Morgan fingerprint density at radius 3 is 2.36 bits per heavy atom. The monoisotopic (exact) mass is 335 g/mol. The molecule has 0 aromatic rings. The lowest BCUT2D eigenvalue weighted by Crippen LogP contribution is -2.46. The van der Waals surface area contributed by atoms with Gasteiger partial charge in [-0.15, -0.1) is 0 Å². The van der Waals surface area contributed by atoms with E-state index in [0.29, 0.717) is 5.92 Å². The van der Waals surface area contributed by atoms with Crippen molar-refractivity contribution in [1.29, 1.82) is 0 Å². The number of ether oxygens (including phenoxy) is 1. The second kappa shape index (κ2) is 10.7. The van der Waals surface area contributed by atoms with E-state index in [1.54, 1.807) is 28.4 Å². The van der Waals surface area contributed by atoms with Gasteiger partial charge in [-0.25, -0.2) is 0 Å². The quantitative estimate of drug-likeness (QED) is 0.439. The minimum Gasteiger partial charge on any atom is -0.392 e. The van der Waals surface area contributed by atoms with Crippen LogP contribution in [0.2, 0.25) is 6.04 Å². The molecule has 0 amide bonds. The van der Waals surface area contributed by atoms with Gasteiger partial charge in [0.05, 0.1) is 6.10 Å². The Kier molecular flexibility index (Phi) is 9.73. The molecule has 0 saturated heterocycles. The predicted molar refractivity (Wildman–Crippen MR) is 87.8 cm³/mol. The van der Waals surface area contributed by atoms with Crippen LogP contribution in [0.5, 0.6) is 0 Å². The standard InChI is InChI=1S/C15H33NO5Si/c1-18-10-5-9-16-14-12-13(6-7-15(14)17)8-11-22(19-2,20-3)21-4/h13-17H,5-12H2,1-4H3. The van der Waals surface area contributed by atoms with Crippen LogP contribution in [0.1, 0.15) is 32.1 Å². The van der Waals surface area contributed by atoms with Crippen molar-refractivity contribution in [3.8, 4) is 0 Å². The minimum absolute atomic E-state index is 0.180. The Balaban J connectivity index is 2.38. The van der Waals surface area contributed by atoms with Crippen molar-refractivity contribution in [3.63, 3.8) is 0 Å². The molecule has 0 heterocycles. The van der Waals surface area contributed by atoms with Gasteiger partial charge in [-0.1, -0.05) is 0 Å². The van der Waals surface area contributed by atoms with Gasteiger partial charge in [-0.2, -0.15) is 0 Å². The highest BCUT2D eigenvalue weighted by atomic mass is 28.4. The Labute approximate surface area is 135 Å². The molecule has 0 radical (unpaired) electrons. The van der Waals surface area contributed by atoms with Crippen LogP contribution in [-0.4, -0.2) is 67.6 Å². The average molecular weight is 336 g/mol. The molecule has 2 N–H and O–H groups in total. The summed E-state index contributed by atoms with van der Waals surface area (Å²) in [6.07, 6.45) is 4.65. The molecule has 0 spiro atoms. The third-order valence-corrected chi connectivity index (χ3v) is 7.41.